The molecule has 0 fully saturated rings. The van der Waals surface area contributed by atoms with E-state index < -0.39 is 0 Å². The number of imidazole rings is 1. The fourth-order valence-corrected chi connectivity index (χ4v) is 2.63. The van der Waals surface area contributed by atoms with E-state index in [1.807, 2.05) is 36.0 Å². The Morgan fingerprint density at radius 2 is 2.21 bits per heavy atom. The molecule has 0 radical (unpaired) electrons. The van der Waals surface area contributed by atoms with Gasteiger partial charge in [-0.1, -0.05) is 17.8 Å². The minimum Gasteiger partial charge on any atom is -0.329 e. The summed E-state index contributed by atoms with van der Waals surface area (Å²) < 4.78 is 3.48. The molecule has 5 nitrogen and oxygen atoms in total. The second-order valence-corrected chi connectivity index (χ2v) is 5.07. The molecule has 0 aliphatic carbocycles. The minimum atomic E-state index is -0.0546. The van der Waals surface area contributed by atoms with Gasteiger partial charge in [0.1, 0.15) is 5.65 Å². The number of thioether (sulfide) groups is 1. The highest BCUT2D eigenvalue weighted by atomic mass is 32.2. The van der Waals surface area contributed by atoms with Crippen molar-refractivity contribution >= 4 is 17.4 Å². The molecule has 0 saturated heterocycles. The SMILES string of the molecule is Cn1ccnc1SCc1cc(=O)n2ccccc2n1. The van der Waals surface area contributed by atoms with Gasteiger partial charge in [0, 0.05) is 37.5 Å². The Morgan fingerprint density at radius 1 is 1.32 bits per heavy atom. The van der Waals surface area contributed by atoms with Crippen molar-refractivity contribution in [2.45, 2.75) is 10.9 Å². The molecular weight excluding hydrogens is 260 g/mol. The topological polar surface area (TPSA) is 52.2 Å². The third-order valence-corrected chi connectivity index (χ3v) is 3.84. The van der Waals surface area contributed by atoms with Crippen LogP contribution in [0.25, 0.3) is 5.65 Å². The van der Waals surface area contributed by atoms with Gasteiger partial charge in [-0.25, -0.2) is 9.97 Å². The van der Waals surface area contributed by atoms with E-state index in [-0.39, 0.29) is 5.56 Å². The molecule has 0 unspecified atom stereocenters. The monoisotopic (exact) mass is 272 g/mol. The van der Waals surface area contributed by atoms with Crippen molar-refractivity contribution in [3.63, 3.8) is 0 Å². The van der Waals surface area contributed by atoms with Crippen molar-refractivity contribution in [3.8, 4) is 0 Å². The minimum absolute atomic E-state index is 0.0546. The second-order valence-electron chi connectivity index (χ2n) is 4.12. The van der Waals surface area contributed by atoms with Crippen molar-refractivity contribution in [1.29, 1.82) is 0 Å². The molecule has 3 heterocycles. The van der Waals surface area contributed by atoms with Crippen LogP contribution in [-0.2, 0) is 12.8 Å². The maximum Gasteiger partial charge on any atom is 0.258 e. The Balaban J connectivity index is 1.90. The van der Waals surface area contributed by atoms with Crippen molar-refractivity contribution in [1.82, 2.24) is 18.9 Å². The molecule has 0 N–H and O–H groups in total. The molecule has 3 aromatic heterocycles. The highest BCUT2D eigenvalue weighted by Gasteiger charge is 2.05. The number of pyridine rings is 1. The molecule has 6 heteroatoms. The van der Waals surface area contributed by atoms with Gasteiger partial charge in [0.05, 0.1) is 5.69 Å². The molecule has 3 aromatic rings. The van der Waals surface area contributed by atoms with E-state index in [4.69, 9.17) is 0 Å². The first-order chi connectivity index (χ1) is 9.24. The van der Waals surface area contributed by atoms with Crippen LogP contribution in [0, 0.1) is 0 Å². The van der Waals surface area contributed by atoms with Crippen molar-refractivity contribution in [2.75, 3.05) is 0 Å². The van der Waals surface area contributed by atoms with Crippen LogP contribution in [-0.4, -0.2) is 18.9 Å². The molecule has 0 aromatic carbocycles. The molecule has 96 valence electrons. The van der Waals surface area contributed by atoms with E-state index in [0.29, 0.717) is 11.4 Å². The fourth-order valence-electron chi connectivity index (χ4n) is 1.81. The lowest BCUT2D eigenvalue weighted by Crippen LogP contribution is -2.14. The van der Waals surface area contributed by atoms with E-state index in [0.717, 1.165) is 10.9 Å². The number of nitrogens with zero attached hydrogens (tertiary/aromatic N) is 4. The Kier molecular flexibility index (Phi) is 3.08. The van der Waals surface area contributed by atoms with E-state index in [2.05, 4.69) is 9.97 Å². The summed E-state index contributed by atoms with van der Waals surface area (Å²) in [5.41, 5.74) is 1.38. The zero-order valence-electron chi connectivity index (χ0n) is 10.4. The average molecular weight is 272 g/mol. The lowest BCUT2D eigenvalue weighted by Gasteiger charge is -2.03. The van der Waals surface area contributed by atoms with Crippen LogP contribution in [0.1, 0.15) is 5.69 Å². The molecule has 3 rings (SSSR count). The predicted octanol–water partition coefficient (Wildman–Crippen LogP) is 1.72. The molecule has 0 saturated carbocycles. The number of rotatable bonds is 3. The molecule has 0 amide bonds. The molecule has 0 atom stereocenters. The lowest BCUT2D eigenvalue weighted by atomic mass is 10.4. The Hall–Kier alpha value is -2.08. The summed E-state index contributed by atoms with van der Waals surface area (Å²) >= 11 is 1.57. The molecule has 19 heavy (non-hydrogen) atoms. The fraction of sp³-hybridized carbons (Fsp3) is 0.154. The predicted molar refractivity (Wildman–Crippen MR) is 74.2 cm³/mol. The number of aryl methyl sites for hydroxylation is 1. The summed E-state index contributed by atoms with van der Waals surface area (Å²) in [6.45, 7) is 0. The Morgan fingerprint density at radius 3 is 3.00 bits per heavy atom. The van der Waals surface area contributed by atoms with Crippen LogP contribution in [0.15, 0.2) is 52.8 Å². The van der Waals surface area contributed by atoms with Gasteiger partial charge in [0.2, 0.25) is 0 Å². The van der Waals surface area contributed by atoms with Crippen LogP contribution < -0.4 is 5.56 Å². The summed E-state index contributed by atoms with van der Waals surface area (Å²) in [4.78, 5) is 20.6. The lowest BCUT2D eigenvalue weighted by molar-refractivity contribution is 0.789. The molecule has 0 aliphatic rings. The van der Waals surface area contributed by atoms with Gasteiger partial charge in [0.15, 0.2) is 5.16 Å². The highest BCUT2D eigenvalue weighted by molar-refractivity contribution is 7.98. The number of fused-ring (bicyclic) bond motifs is 1. The van der Waals surface area contributed by atoms with E-state index >= 15 is 0 Å². The summed E-state index contributed by atoms with van der Waals surface area (Å²) in [6, 6.07) is 7.09. The second kappa shape index (κ2) is 4.89. The van der Waals surface area contributed by atoms with Gasteiger partial charge < -0.3 is 4.57 Å². The summed E-state index contributed by atoms with van der Waals surface area (Å²) in [5, 5.41) is 0.912. The maximum absolute atomic E-state index is 11.9. The number of hydrogen-bond donors (Lipinski definition) is 0. The van der Waals surface area contributed by atoms with Crippen LogP contribution in [0.3, 0.4) is 0 Å². The van der Waals surface area contributed by atoms with Crippen LogP contribution in [0.4, 0.5) is 0 Å². The average Bonchev–Trinajstić information content (AvgIpc) is 2.82. The number of aromatic nitrogens is 4. The van der Waals surface area contributed by atoms with Crippen LogP contribution in [0.5, 0.6) is 0 Å². The van der Waals surface area contributed by atoms with Gasteiger partial charge in [-0.2, -0.15) is 0 Å². The first-order valence-electron chi connectivity index (χ1n) is 5.81. The normalized spacial score (nSPS) is 11.0. The van der Waals surface area contributed by atoms with Crippen LogP contribution >= 0.6 is 11.8 Å². The molecule has 0 aliphatic heterocycles. The van der Waals surface area contributed by atoms with E-state index in [1.165, 1.54) is 4.40 Å². The number of hydrogen-bond acceptors (Lipinski definition) is 4. The standard InChI is InChI=1S/C13H12N4OS/c1-16-7-5-14-13(16)19-9-10-8-12(18)17-6-3-2-4-11(17)15-10/h2-8H,9H2,1H3. The van der Waals surface area contributed by atoms with Gasteiger partial charge in [-0.15, -0.1) is 0 Å². The molecule has 0 spiro atoms. The van der Waals surface area contributed by atoms with E-state index in [9.17, 15) is 4.79 Å². The van der Waals surface area contributed by atoms with Gasteiger partial charge in [-0.05, 0) is 12.1 Å². The first kappa shape index (κ1) is 12.0. The molecule has 0 bridgehead atoms. The van der Waals surface area contributed by atoms with Crippen molar-refractivity contribution in [3.05, 3.63) is 58.9 Å². The van der Waals surface area contributed by atoms with Crippen molar-refractivity contribution in [2.24, 2.45) is 7.05 Å². The highest BCUT2D eigenvalue weighted by Crippen LogP contribution is 2.18. The smallest absolute Gasteiger partial charge is 0.258 e. The summed E-state index contributed by atoms with van der Waals surface area (Å²) in [6.07, 6.45) is 5.37. The first-order valence-corrected chi connectivity index (χ1v) is 6.80. The zero-order valence-corrected chi connectivity index (χ0v) is 11.2. The van der Waals surface area contributed by atoms with E-state index in [1.54, 1.807) is 30.2 Å². The summed E-state index contributed by atoms with van der Waals surface area (Å²) in [7, 11) is 1.94. The van der Waals surface area contributed by atoms with Gasteiger partial charge in [-0.3, -0.25) is 9.20 Å². The van der Waals surface area contributed by atoms with Gasteiger partial charge >= 0.3 is 0 Å². The van der Waals surface area contributed by atoms with Gasteiger partial charge in [0.25, 0.3) is 5.56 Å². The summed E-state index contributed by atoms with van der Waals surface area (Å²) in [5.74, 6) is 0.630. The largest absolute Gasteiger partial charge is 0.329 e. The third-order valence-electron chi connectivity index (χ3n) is 2.75. The third kappa shape index (κ3) is 2.39. The zero-order chi connectivity index (χ0) is 13.2. The Labute approximate surface area is 113 Å². The maximum atomic E-state index is 11.9. The molecular formula is C13H12N4OS. The Bertz CT molecular complexity index is 777. The van der Waals surface area contributed by atoms with Crippen molar-refractivity contribution < 1.29 is 0 Å². The quantitative estimate of drug-likeness (QED) is 0.681. The van der Waals surface area contributed by atoms with Crippen LogP contribution in [0.2, 0.25) is 0 Å².